The number of aliphatic hydroxyl groups excluding tert-OH is 1. The smallest absolute Gasteiger partial charge is 0.313 e. The SMILES string of the molecule is C=CCOC(=O)[C@H]1[C@H]2C(=O)N([C@H](CO)c3ccccc3)C(C(=O)N(CC=C)C3CCCCC3)C23CC[C@]1(C)O3. The van der Waals surface area contributed by atoms with E-state index in [4.69, 9.17) is 9.47 Å². The van der Waals surface area contributed by atoms with Crippen molar-refractivity contribution in [2.45, 2.75) is 81.2 Å². The Bertz CT molecular complexity index is 1120. The molecule has 4 aliphatic rings. The highest BCUT2D eigenvalue weighted by Gasteiger charge is 2.79. The third kappa shape index (κ3) is 4.42. The second kappa shape index (κ2) is 10.9. The standard InChI is InChI=1S/C31H40N2O6/c1-4-18-32(22-14-10-7-11-15-22)28(36)26-31-17-16-30(3,39-31)25(29(37)38-19-5-2)24(31)27(35)33(26)23(20-34)21-12-8-6-9-13-21/h4-6,8-9,12-13,22-26,34H,1-2,7,10-11,14-20H2,3H3/t23-,24+,25-,26?,30+,31?/m1/s1. The number of carbonyl (C=O) groups excluding carboxylic acids is 3. The lowest BCUT2D eigenvalue weighted by atomic mass is 9.66. The third-order valence-electron chi connectivity index (χ3n) is 9.36. The molecule has 6 atom stereocenters. The molecule has 210 valence electrons. The van der Waals surface area contributed by atoms with Crippen molar-refractivity contribution in [2.24, 2.45) is 11.8 Å². The fourth-order valence-electron chi connectivity index (χ4n) is 7.70. The lowest BCUT2D eigenvalue weighted by Crippen LogP contribution is -2.59. The predicted octanol–water partition coefficient (Wildman–Crippen LogP) is 3.56. The molecule has 8 nitrogen and oxygen atoms in total. The van der Waals surface area contributed by atoms with Crippen LogP contribution in [0.15, 0.2) is 55.6 Å². The highest BCUT2D eigenvalue weighted by molar-refractivity contribution is 5.99. The van der Waals surface area contributed by atoms with Crippen LogP contribution in [0.5, 0.6) is 0 Å². The summed E-state index contributed by atoms with van der Waals surface area (Å²) < 4.78 is 12.2. The normalized spacial score (nSPS) is 32.5. The first-order valence-electron chi connectivity index (χ1n) is 14.2. The number of nitrogens with zero attached hydrogens (tertiary/aromatic N) is 2. The average molecular weight is 537 g/mol. The number of hydrogen-bond donors (Lipinski definition) is 1. The van der Waals surface area contributed by atoms with Gasteiger partial charge in [0.1, 0.15) is 24.2 Å². The maximum atomic E-state index is 14.7. The number of ether oxygens (including phenoxy) is 2. The molecule has 1 N–H and O–H groups in total. The predicted molar refractivity (Wildman–Crippen MR) is 145 cm³/mol. The van der Waals surface area contributed by atoms with E-state index in [1.54, 1.807) is 6.08 Å². The molecule has 1 aromatic rings. The molecule has 0 radical (unpaired) electrons. The van der Waals surface area contributed by atoms with E-state index < -0.39 is 41.1 Å². The van der Waals surface area contributed by atoms with Crippen molar-refractivity contribution in [1.82, 2.24) is 9.80 Å². The summed E-state index contributed by atoms with van der Waals surface area (Å²) in [6.07, 6.45) is 9.25. The number of likely N-dealkylation sites (tertiary alicyclic amines) is 1. The maximum Gasteiger partial charge on any atom is 0.313 e. The summed E-state index contributed by atoms with van der Waals surface area (Å²) in [4.78, 5) is 45.9. The first-order valence-corrected chi connectivity index (χ1v) is 14.2. The van der Waals surface area contributed by atoms with Gasteiger partial charge in [-0.1, -0.05) is 68.3 Å². The number of fused-ring (bicyclic) bond motifs is 1. The Morgan fingerprint density at radius 1 is 1.18 bits per heavy atom. The zero-order chi connectivity index (χ0) is 27.8. The van der Waals surface area contributed by atoms with Crippen LogP contribution in [0, 0.1) is 11.8 Å². The summed E-state index contributed by atoms with van der Waals surface area (Å²) in [5.41, 5.74) is -1.38. The topological polar surface area (TPSA) is 96.4 Å². The van der Waals surface area contributed by atoms with Crippen molar-refractivity contribution in [3.8, 4) is 0 Å². The van der Waals surface area contributed by atoms with Crippen molar-refractivity contribution < 1.29 is 29.0 Å². The van der Waals surface area contributed by atoms with Crippen LogP contribution in [0.4, 0.5) is 0 Å². The molecule has 1 saturated carbocycles. The Balaban J connectivity index is 1.62. The average Bonchev–Trinajstić information content (AvgIpc) is 3.52. The van der Waals surface area contributed by atoms with E-state index >= 15 is 0 Å². The van der Waals surface area contributed by atoms with Gasteiger partial charge in [0.15, 0.2) is 0 Å². The summed E-state index contributed by atoms with van der Waals surface area (Å²) >= 11 is 0. The van der Waals surface area contributed by atoms with E-state index in [0.717, 1.165) is 37.7 Å². The van der Waals surface area contributed by atoms with E-state index in [2.05, 4.69) is 13.2 Å². The van der Waals surface area contributed by atoms with Crippen molar-refractivity contribution in [3.63, 3.8) is 0 Å². The lowest BCUT2D eigenvalue weighted by Gasteiger charge is -2.42. The van der Waals surface area contributed by atoms with Crippen LogP contribution in [-0.2, 0) is 23.9 Å². The van der Waals surface area contributed by atoms with Crippen LogP contribution in [0.1, 0.15) is 63.5 Å². The maximum absolute atomic E-state index is 14.7. The summed E-state index contributed by atoms with van der Waals surface area (Å²) in [6, 6.07) is 7.56. The van der Waals surface area contributed by atoms with E-state index in [1.165, 1.54) is 11.0 Å². The molecule has 1 aliphatic carbocycles. The lowest BCUT2D eigenvalue weighted by molar-refractivity contribution is -0.162. The Hall–Kier alpha value is -2.97. The number of hydrogen-bond acceptors (Lipinski definition) is 6. The van der Waals surface area contributed by atoms with Gasteiger partial charge in [-0.2, -0.15) is 0 Å². The molecular formula is C31H40N2O6. The summed E-state index contributed by atoms with van der Waals surface area (Å²) in [7, 11) is 0. The van der Waals surface area contributed by atoms with Gasteiger partial charge in [0, 0.05) is 12.6 Å². The number of amides is 2. The third-order valence-corrected chi connectivity index (χ3v) is 9.36. The van der Waals surface area contributed by atoms with E-state index in [9.17, 15) is 19.5 Å². The molecule has 39 heavy (non-hydrogen) atoms. The molecule has 2 unspecified atom stereocenters. The Kier molecular flexibility index (Phi) is 7.71. The van der Waals surface area contributed by atoms with Gasteiger partial charge in [-0.3, -0.25) is 14.4 Å². The molecule has 2 bridgehead atoms. The molecule has 4 fully saturated rings. The Morgan fingerprint density at radius 3 is 2.54 bits per heavy atom. The van der Waals surface area contributed by atoms with Crippen LogP contribution in [0.25, 0.3) is 0 Å². The molecule has 3 aliphatic heterocycles. The summed E-state index contributed by atoms with van der Waals surface area (Å²) in [6.45, 7) is 9.42. The van der Waals surface area contributed by atoms with Gasteiger partial charge in [0.25, 0.3) is 0 Å². The van der Waals surface area contributed by atoms with Gasteiger partial charge < -0.3 is 24.4 Å². The largest absolute Gasteiger partial charge is 0.461 e. The molecule has 0 aromatic heterocycles. The van der Waals surface area contributed by atoms with Gasteiger partial charge in [-0.25, -0.2) is 0 Å². The molecule has 5 rings (SSSR count). The van der Waals surface area contributed by atoms with E-state index in [1.807, 2.05) is 42.2 Å². The van der Waals surface area contributed by atoms with Crippen LogP contribution in [0.3, 0.4) is 0 Å². The highest BCUT2D eigenvalue weighted by atomic mass is 16.6. The Labute approximate surface area is 230 Å². The van der Waals surface area contributed by atoms with Crippen molar-refractivity contribution in [3.05, 3.63) is 61.2 Å². The first kappa shape index (κ1) is 27.6. The summed E-state index contributed by atoms with van der Waals surface area (Å²) in [5, 5.41) is 10.6. The minimum absolute atomic E-state index is 0.0312. The monoisotopic (exact) mass is 536 g/mol. The molecule has 3 saturated heterocycles. The molecule has 8 heteroatoms. The van der Waals surface area contributed by atoms with Gasteiger partial charge in [-0.05, 0) is 38.2 Å². The van der Waals surface area contributed by atoms with Gasteiger partial charge in [0.2, 0.25) is 11.8 Å². The highest BCUT2D eigenvalue weighted by Crippen LogP contribution is 2.64. The minimum atomic E-state index is -1.18. The fraction of sp³-hybridized carbons (Fsp3) is 0.581. The molecule has 3 heterocycles. The molecule has 1 aromatic carbocycles. The number of esters is 1. The van der Waals surface area contributed by atoms with Crippen LogP contribution in [-0.4, -0.2) is 75.7 Å². The zero-order valence-electron chi connectivity index (χ0n) is 22.8. The number of rotatable bonds is 10. The van der Waals surface area contributed by atoms with E-state index in [0.29, 0.717) is 19.4 Å². The van der Waals surface area contributed by atoms with Gasteiger partial charge in [-0.15, -0.1) is 6.58 Å². The number of aliphatic hydroxyl groups is 1. The van der Waals surface area contributed by atoms with Crippen molar-refractivity contribution in [1.29, 1.82) is 0 Å². The first-order chi connectivity index (χ1) is 18.8. The molecule has 1 spiro atoms. The molecule has 2 amide bonds. The van der Waals surface area contributed by atoms with Crippen molar-refractivity contribution >= 4 is 17.8 Å². The van der Waals surface area contributed by atoms with Crippen LogP contribution >= 0.6 is 0 Å². The van der Waals surface area contributed by atoms with E-state index in [-0.39, 0.29) is 31.1 Å². The second-order valence-corrected chi connectivity index (χ2v) is 11.6. The van der Waals surface area contributed by atoms with Gasteiger partial charge >= 0.3 is 5.97 Å². The fourth-order valence-corrected chi connectivity index (χ4v) is 7.70. The van der Waals surface area contributed by atoms with Crippen LogP contribution in [0.2, 0.25) is 0 Å². The molecular weight excluding hydrogens is 496 g/mol. The quantitative estimate of drug-likeness (QED) is 0.363. The van der Waals surface area contributed by atoms with Gasteiger partial charge in [0.05, 0.1) is 24.2 Å². The summed E-state index contributed by atoms with van der Waals surface area (Å²) in [5.74, 6) is -2.78. The van der Waals surface area contributed by atoms with Crippen LogP contribution < -0.4 is 0 Å². The zero-order valence-corrected chi connectivity index (χ0v) is 22.8. The number of benzene rings is 1. The second-order valence-electron chi connectivity index (χ2n) is 11.6. The minimum Gasteiger partial charge on any atom is -0.461 e. The van der Waals surface area contributed by atoms with Crippen molar-refractivity contribution in [2.75, 3.05) is 19.8 Å². The Morgan fingerprint density at radius 2 is 1.90 bits per heavy atom. The number of carbonyl (C=O) groups is 3.